The Morgan fingerprint density at radius 2 is 1.70 bits per heavy atom. The number of likely N-dealkylation sites (tertiary alicyclic amines) is 1. The second-order valence-corrected chi connectivity index (χ2v) is 13.1. The maximum absolute atomic E-state index is 15.2. The highest BCUT2D eigenvalue weighted by Gasteiger charge is 2.38. The van der Waals surface area contributed by atoms with Crippen LogP contribution in [-0.2, 0) is 9.53 Å². The van der Waals surface area contributed by atoms with Crippen LogP contribution in [0.2, 0.25) is 0 Å². The van der Waals surface area contributed by atoms with Crippen LogP contribution in [0, 0.1) is 11.6 Å². The highest BCUT2D eigenvalue weighted by atomic mass is 19.2. The van der Waals surface area contributed by atoms with Crippen LogP contribution < -0.4 is 11.0 Å². The first-order valence-electron chi connectivity index (χ1n) is 15.7. The van der Waals surface area contributed by atoms with Crippen molar-refractivity contribution in [1.29, 1.82) is 0 Å². The summed E-state index contributed by atoms with van der Waals surface area (Å²) in [5.74, 6) is -2.92. The number of rotatable bonds is 5. The summed E-state index contributed by atoms with van der Waals surface area (Å²) in [5.41, 5.74) is 1.74. The number of ether oxygens (including phenoxy) is 1. The lowest BCUT2D eigenvalue weighted by atomic mass is 9.85. The minimum atomic E-state index is -0.967. The molecule has 0 unspecified atom stereocenters. The van der Waals surface area contributed by atoms with Crippen LogP contribution in [0.15, 0.2) is 59.7 Å². The third kappa shape index (κ3) is 6.38. The Hall–Kier alpha value is -4.61. The quantitative estimate of drug-likeness (QED) is 0.265. The number of amides is 2. The van der Waals surface area contributed by atoms with Gasteiger partial charge < -0.3 is 15.0 Å². The number of alkyl carbamates (subject to hydrolysis) is 1. The molecule has 0 bridgehead atoms. The van der Waals surface area contributed by atoms with E-state index in [2.05, 4.69) is 20.3 Å². The van der Waals surface area contributed by atoms with E-state index in [0.29, 0.717) is 55.7 Å². The number of pyridine rings is 2. The highest BCUT2D eigenvalue weighted by molar-refractivity contribution is 5.77. The minimum Gasteiger partial charge on any atom is -0.444 e. The Morgan fingerprint density at radius 3 is 2.46 bits per heavy atom. The van der Waals surface area contributed by atoms with Crippen molar-refractivity contribution in [3.05, 3.63) is 93.8 Å². The van der Waals surface area contributed by atoms with Crippen LogP contribution >= 0.6 is 0 Å². The van der Waals surface area contributed by atoms with Gasteiger partial charge in [-0.05, 0) is 81.8 Å². The molecule has 0 spiro atoms. The maximum atomic E-state index is 15.2. The van der Waals surface area contributed by atoms with Crippen molar-refractivity contribution >= 4 is 23.2 Å². The number of hydrogen-bond donors (Lipinski definition) is 2. The van der Waals surface area contributed by atoms with Crippen LogP contribution in [0.3, 0.4) is 0 Å². The maximum Gasteiger partial charge on any atom is 0.408 e. The molecule has 2 aliphatic rings. The number of H-pyrrole nitrogens is 1. The van der Waals surface area contributed by atoms with Crippen molar-refractivity contribution < 1.29 is 23.1 Å². The summed E-state index contributed by atoms with van der Waals surface area (Å²) < 4.78 is 37.0. The summed E-state index contributed by atoms with van der Waals surface area (Å²) in [6.07, 6.45) is 4.84. The lowest BCUT2D eigenvalue weighted by Crippen LogP contribution is -2.41. The Labute approximate surface area is 265 Å². The molecule has 12 heteroatoms. The summed E-state index contributed by atoms with van der Waals surface area (Å²) in [7, 11) is 0. The lowest BCUT2D eigenvalue weighted by molar-refractivity contribution is -0.133. The SMILES string of the molecule is CC(C)(C)OC(=O)N[C@@H]1c2cccnc2[C@@H](CC(=O)N2CCC(n3c(=O)[nH]c4ncccc43)CC2)CC[C@H]1c1cccc(F)c1F. The first-order valence-corrected chi connectivity index (χ1v) is 15.7. The summed E-state index contributed by atoms with van der Waals surface area (Å²) in [4.78, 5) is 53.0. The smallest absolute Gasteiger partial charge is 0.408 e. The van der Waals surface area contributed by atoms with Crippen LogP contribution in [0.1, 0.15) is 93.6 Å². The second kappa shape index (κ2) is 12.6. The first kappa shape index (κ1) is 31.4. The second-order valence-electron chi connectivity index (χ2n) is 13.1. The topological polar surface area (TPSA) is 122 Å². The molecule has 2 N–H and O–H groups in total. The van der Waals surface area contributed by atoms with E-state index in [1.54, 1.807) is 49.9 Å². The van der Waals surface area contributed by atoms with Gasteiger partial charge in [0, 0.05) is 55.5 Å². The van der Waals surface area contributed by atoms with E-state index in [9.17, 15) is 18.8 Å². The monoisotopic (exact) mass is 632 g/mol. The number of hydrogen-bond acceptors (Lipinski definition) is 6. The number of carbonyl (C=O) groups is 2. The zero-order chi connectivity index (χ0) is 32.6. The molecular formula is C34H38F2N6O4. The summed E-state index contributed by atoms with van der Waals surface area (Å²) in [6, 6.07) is 10.4. The molecule has 1 aliphatic heterocycles. The minimum absolute atomic E-state index is 0.0416. The molecule has 3 aromatic heterocycles. The van der Waals surface area contributed by atoms with Gasteiger partial charge in [0.15, 0.2) is 17.3 Å². The van der Waals surface area contributed by atoms with E-state index < -0.39 is 35.3 Å². The summed E-state index contributed by atoms with van der Waals surface area (Å²) >= 11 is 0. The fourth-order valence-electron chi connectivity index (χ4n) is 6.92. The van der Waals surface area contributed by atoms with Gasteiger partial charge in [0.25, 0.3) is 0 Å². The fraction of sp³-hybridized carbons (Fsp3) is 0.441. The van der Waals surface area contributed by atoms with Crippen LogP contribution in [-0.4, -0.2) is 55.1 Å². The Balaban J connectivity index is 1.23. The van der Waals surface area contributed by atoms with Crippen molar-refractivity contribution in [2.45, 2.75) is 82.4 Å². The fourth-order valence-corrected chi connectivity index (χ4v) is 6.92. The van der Waals surface area contributed by atoms with Crippen LogP contribution in [0.4, 0.5) is 13.6 Å². The number of fused-ring (bicyclic) bond motifs is 2. The largest absolute Gasteiger partial charge is 0.444 e. The van der Waals surface area contributed by atoms with E-state index >= 15 is 4.39 Å². The van der Waals surface area contributed by atoms with E-state index in [-0.39, 0.29) is 35.5 Å². The van der Waals surface area contributed by atoms with E-state index in [4.69, 9.17) is 4.74 Å². The molecule has 4 heterocycles. The number of benzene rings is 1. The standard InChI is InChI=1S/C34H38F2N6O4/c1-34(2,3)46-33(45)39-30-23(22-7-4-9-25(35)28(22)36)12-11-20(29-24(30)8-5-15-37-29)19-27(43)41-17-13-21(14-18-41)42-26-10-6-16-38-31(26)40-32(42)44/h4-10,15-16,20-21,23,30H,11-14,17-19H2,1-3H3,(H,39,45)(H,38,40,44)/t20-,23+,30+/m1/s1. The van der Waals surface area contributed by atoms with Gasteiger partial charge in [0.05, 0.1) is 11.6 Å². The molecule has 2 amide bonds. The highest BCUT2D eigenvalue weighted by Crippen LogP contribution is 2.45. The number of aromatic nitrogens is 4. The van der Waals surface area contributed by atoms with Gasteiger partial charge in [-0.25, -0.2) is 23.4 Å². The number of carbonyl (C=O) groups excluding carboxylic acids is 2. The predicted octanol–water partition coefficient (Wildman–Crippen LogP) is 5.88. The molecule has 46 heavy (non-hydrogen) atoms. The van der Waals surface area contributed by atoms with Gasteiger partial charge in [-0.3, -0.25) is 19.3 Å². The van der Waals surface area contributed by atoms with Crippen LogP contribution in [0.25, 0.3) is 11.2 Å². The van der Waals surface area contributed by atoms with Gasteiger partial charge in [-0.2, -0.15) is 0 Å². The Bertz CT molecular complexity index is 1810. The summed E-state index contributed by atoms with van der Waals surface area (Å²) in [6.45, 7) is 6.23. The van der Waals surface area contributed by atoms with Gasteiger partial charge in [-0.15, -0.1) is 0 Å². The lowest BCUT2D eigenvalue weighted by Gasteiger charge is -2.33. The number of halogens is 2. The van der Waals surface area contributed by atoms with Gasteiger partial charge >= 0.3 is 11.8 Å². The third-order valence-corrected chi connectivity index (χ3v) is 8.97. The van der Waals surface area contributed by atoms with E-state index in [1.807, 2.05) is 17.0 Å². The van der Waals surface area contributed by atoms with Crippen molar-refractivity contribution in [1.82, 2.24) is 29.7 Å². The predicted molar refractivity (Wildman–Crippen MR) is 167 cm³/mol. The van der Waals surface area contributed by atoms with E-state index in [0.717, 1.165) is 11.6 Å². The average Bonchev–Trinajstić information content (AvgIpc) is 3.28. The molecule has 4 aromatic rings. The normalized spacial score (nSPS) is 20.6. The zero-order valence-corrected chi connectivity index (χ0v) is 26.1. The van der Waals surface area contributed by atoms with Crippen LogP contribution in [0.5, 0.6) is 0 Å². The van der Waals surface area contributed by atoms with Crippen molar-refractivity contribution in [3.63, 3.8) is 0 Å². The average molecular weight is 633 g/mol. The molecule has 1 saturated heterocycles. The molecule has 10 nitrogen and oxygen atoms in total. The molecular weight excluding hydrogens is 594 g/mol. The first-order chi connectivity index (χ1) is 22.0. The number of aromatic amines is 1. The zero-order valence-electron chi connectivity index (χ0n) is 26.1. The molecule has 0 saturated carbocycles. The van der Waals surface area contributed by atoms with Gasteiger partial charge in [-0.1, -0.05) is 18.2 Å². The van der Waals surface area contributed by atoms with Crippen molar-refractivity contribution in [3.8, 4) is 0 Å². The van der Waals surface area contributed by atoms with Crippen molar-refractivity contribution in [2.24, 2.45) is 0 Å². The van der Waals surface area contributed by atoms with Crippen molar-refractivity contribution in [2.75, 3.05) is 13.1 Å². The Morgan fingerprint density at radius 1 is 0.978 bits per heavy atom. The molecule has 3 atom stereocenters. The molecule has 6 rings (SSSR count). The van der Waals surface area contributed by atoms with Gasteiger partial charge in [0.2, 0.25) is 5.91 Å². The third-order valence-electron chi connectivity index (χ3n) is 8.97. The molecule has 1 fully saturated rings. The number of piperidine rings is 1. The molecule has 1 aliphatic carbocycles. The number of nitrogens with one attached hydrogen (secondary N) is 2. The van der Waals surface area contributed by atoms with Gasteiger partial charge in [0.1, 0.15) is 5.60 Å². The number of imidazole rings is 1. The Kier molecular flexibility index (Phi) is 8.63. The molecule has 1 aromatic carbocycles. The summed E-state index contributed by atoms with van der Waals surface area (Å²) in [5, 5.41) is 2.92. The molecule has 0 radical (unpaired) electrons. The number of nitrogens with zero attached hydrogens (tertiary/aromatic N) is 4. The molecule has 242 valence electrons. The van der Waals surface area contributed by atoms with E-state index in [1.165, 1.54) is 12.1 Å².